The SMILES string of the molecule is O=C(NC(CC(F)F)C(=O)O)c1csc(Cc2cccc(F)c2)n1. The monoisotopic (exact) mass is 358 g/mol. The molecule has 2 rings (SSSR count). The minimum absolute atomic E-state index is 0.0630. The summed E-state index contributed by atoms with van der Waals surface area (Å²) in [6, 6.07) is 4.20. The van der Waals surface area contributed by atoms with Gasteiger partial charge in [-0.1, -0.05) is 12.1 Å². The number of amides is 1. The Labute approximate surface area is 139 Å². The number of carboxylic acids is 1. The number of nitrogens with zero attached hydrogens (tertiary/aromatic N) is 1. The predicted molar refractivity (Wildman–Crippen MR) is 80.8 cm³/mol. The highest BCUT2D eigenvalue weighted by molar-refractivity contribution is 7.09. The van der Waals surface area contributed by atoms with E-state index in [0.29, 0.717) is 17.0 Å². The molecule has 24 heavy (non-hydrogen) atoms. The van der Waals surface area contributed by atoms with Gasteiger partial charge >= 0.3 is 5.97 Å². The fraction of sp³-hybridized carbons (Fsp3) is 0.267. The highest BCUT2D eigenvalue weighted by atomic mass is 32.1. The number of rotatable bonds is 7. The first-order valence-corrected chi connectivity index (χ1v) is 7.73. The number of carbonyl (C=O) groups excluding carboxylic acids is 1. The average Bonchev–Trinajstić information content (AvgIpc) is 2.94. The van der Waals surface area contributed by atoms with Crippen LogP contribution in [0.25, 0.3) is 0 Å². The third kappa shape index (κ3) is 5.05. The molecular formula is C15H13F3N2O3S. The minimum atomic E-state index is -2.86. The molecule has 0 saturated heterocycles. The molecule has 1 atom stereocenters. The first-order valence-electron chi connectivity index (χ1n) is 6.86. The van der Waals surface area contributed by atoms with Crippen LogP contribution in [0.2, 0.25) is 0 Å². The second kappa shape index (κ2) is 7.91. The average molecular weight is 358 g/mol. The lowest BCUT2D eigenvalue weighted by Crippen LogP contribution is -2.42. The molecule has 9 heteroatoms. The van der Waals surface area contributed by atoms with E-state index in [-0.39, 0.29) is 5.69 Å². The maximum Gasteiger partial charge on any atom is 0.326 e. The van der Waals surface area contributed by atoms with E-state index in [1.807, 2.05) is 5.32 Å². The zero-order chi connectivity index (χ0) is 17.7. The van der Waals surface area contributed by atoms with E-state index < -0.39 is 36.6 Å². The van der Waals surface area contributed by atoms with Crippen LogP contribution in [0.15, 0.2) is 29.6 Å². The lowest BCUT2D eigenvalue weighted by atomic mass is 10.1. The number of benzene rings is 1. The Morgan fingerprint density at radius 3 is 2.71 bits per heavy atom. The van der Waals surface area contributed by atoms with E-state index in [1.54, 1.807) is 12.1 Å². The van der Waals surface area contributed by atoms with E-state index in [9.17, 15) is 22.8 Å². The van der Waals surface area contributed by atoms with Gasteiger partial charge in [-0.3, -0.25) is 4.79 Å². The van der Waals surface area contributed by atoms with Gasteiger partial charge in [-0.2, -0.15) is 0 Å². The first kappa shape index (κ1) is 17.9. The Bertz CT molecular complexity index is 736. The molecule has 1 amide bonds. The van der Waals surface area contributed by atoms with Gasteiger partial charge in [-0.05, 0) is 17.7 Å². The lowest BCUT2D eigenvalue weighted by Gasteiger charge is -2.12. The molecule has 5 nitrogen and oxygen atoms in total. The van der Waals surface area contributed by atoms with Gasteiger partial charge in [0.25, 0.3) is 5.91 Å². The topological polar surface area (TPSA) is 79.3 Å². The largest absolute Gasteiger partial charge is 0.480 e. The summed E-state index contributed by atoms with van der Waals surface area (Å²) in [5.74, 6) is -2.78. The fourth-order valence-electron chi connectivity index (χ4n) is 1.95. The van der Waals surface area contributed by atoms with Crippen LogP contribution in [0.1, 0.15) is 27.5 Å². The fourth-order valence-corrected chi connectivity index (χ4v) is 2.76. The van der Waals surface area contributed by atoms with Crippen LogP contribution in [0.3, 0.4) is 0 Å². The van der Waals surface area contributed by atoms with Gasteiger partial charge in [0.1, 0.15) is 17.6 Å². The molecule has 0 spiro atoms. The van der Waals surface area contributed by atoms with Gasteiger partial charge in [-0.25, -0.2) is 22.9 Å². The van der Waals surface area contributed by atoms with Crippen LogP contribution in [-0.2, 0) is 11.2 Å². The smallest absolute Gasteiger partial charge is 0.326 e. The zero-order valence-electron chi connectivity index (χ0n) is 12.2. The summed E-state index contributed by atoms with van der Waals surface area (Å²) in [4.78, 5) is 26.8. The molecular weight excluding hydrogens is 345 g/mol. The highest BCUT2D eigenvalue weighted by Gasteiger charge is 2.25. The Morgan fingerprint density at radius 1 is 1.33 bits per heavy atom. The third-order valence-corrected chi connectivity index (χ3v) is 3.89. The van der Waals surface area contributed by atoms with E-state index in [1.165, 1.54) is 17.5 Å². The molecule has 0 radical (unpaired) electrons. The highest BCUT2D eigenvalue weighted by Crippen LogP contribution is 2.16. The van der Waals surface area contributed by atoms with Crippen LogP contribution in [0.4, 0.5) is 13.2 Å². The molecule has 1 aromatic carbocycles. The number of hydrogen-bond acceptors (Lipinski definition) is 4. The zero-order valence-corrected chi connectivity index (χ0v) is 13.0. The number of halogens is 3. The number of alkyl halides is 2. The number of thiazole rings is 1. The number of aliphatic carboxylic acids is 1. The van der Waals surface area contributed by atoms with Gasteiger partial charge < -0.3 is 10.4 Å². The van der Waals surface area contributed by atoms with E-state index in [4.69, 9.17) is 5.11 Å². The van der Waals surface area contributed by atoms with Crippen molar-refractivity contribution < 1.29 is 27.9 Å². The third-order valence-electron chi connectivity index (χ3n) is 3.05. The molecule has 0 aliphatic heterocycles. The second-order valence-electron chi connectivity index (χ2n) is 4.92. The maximum absolute atomic E-state index is 13.1. The van der Waals surface area contributed by atoms with Crippen molar-refractivity contribution in [3.8, 4) is 0 Å². The molecule has 0 aliphatic carbocycles. The lowest BCUT2D eigenvalue weighted by molar-refractivity contribution is -0.140. The van der Waals surface area contributed by atoms with E-state index >= 15 is 0 Å². The van der Waals surface area contributed by atoms with Crippen LogP contribution in [0, 0.1) is 5.82 Å². The number of carbonyl (C=O) groups is 2. The Morgan fingerprint density at radius 2 is 2.08 bits per heavy atom. The van der Waals surface area contributed by atoms with Crippen molar-refractivity contribution in [1.29, 1.82) is 0 Å². The maximum atomic E-state index is 13.1. The van der Waals surface area contributed by atoms with Gasteiger partial charge in [0.05, 0.1) is 5.01 Å². The van der Waals surface area contributed by atoms with Crippen molar-refractivity contribution in [2.75, 3.05) is 0 Å². The summed E-state index contributed by atoms with van der Waals surface area (Å²) in [5.41, 5.74) is 0.601. The molecule has 1 heterocycles. The summed E-state index contributed by atoms with van der Waals surface area (Å²) in [6.45, 7) is 0. The molecule has 0 bridgehead atoms. The number of aromatic nitrogens is 1. The van der Waals surface area contributed by atoms with Crippen molar-refractivity contribution in [2.45, 2.75) is 25.3 Å². The molecule has 1 unspecified atom stereocenters. The molecule has 0 aliphatic rings. The van der Waals surface area contributed by atoms with Crippen LogP contribution < -0.4 is 5.32 Å². The van der Waals surface area contributed by atoms with E-state index in [0.717, 1.165) is 11.3 Å². The summed E-state index contributed by atoms with van der Waals surface area (Å²) < 4.78 is 37.8. The van der Waals surface area contributed by atoms with E-state index in [2.05, 4.69) is 4.98 Å². The Hall–Kier alpha value is -2.42. The standard InChI is InChI=1S/C15H13F3N2O3S/c16-9-3-1-2-8(4-9)5-13-19-11(7-24-13)14(21)20-10(15(22)23)6-12(17)18/h1-4,7,10,12H,5-6H2,(H,20,21)(H,22,23). The molecule has 2 aromatic rings. The predicted octanol–water partition coefficient (Wildman–Crippen LogP) is 2.71. The normalized spacial score (nSPS) is 12.2. The summed E-state index contributed by atoms with van der Waals surface area (Å²) >= 11 is 1.14. The number of nitrogens with one attached hydrogen (secondary N) is 1. The van der Waals surface area contributed by atoms with Crippen LogP contribution in [-0.4, -0.2) is 34.4 Å². The van der Waals surface area contributed by atoms with Crippen molar-refractivity contribution in [3.63, 3.8) is 0 Å². The second-order valence-corrected chi connectivity index (χ2v) is 5.87. The number of carboxylic acid groups (broad SMARTS) is 1. The molecule has 0 saturated carbocycles. The molecule has 0 fully saturated rings. The Balaban J connectivity index is 2.03. The molecule has 1 aromatic heterocycles. The van der Waals surface area contributed by atoms with Crippen molar-refractivity contribution >= 4 is 23.2 Å². The summed E-state index contributed by atoms with van der Waals surface area (Å²) in [7, 11) is 0. The Kier molecular flexibility index (Phi) is 5.91. The van der Waals surface area contributed by atoms with Gasteiger partial charge in [0, 0.05) is 18.2 Å². The van der Waals surface area contributed by atoms with Crippen molar-refractivity contribution in [3.05, 3.63) is 51.7 Å². The van der Waals surface area contributed by atoms with Crippen molar-refractivity contribution in [1.82, 2.24) is 10.3 Å². The van der Waals surface area contributed by atoms with Crippen LogP contribution in [0.5, 0.6) is 0 Å². The van der Waals surface area contributed by atoms with Gasteiger partial charge in [0.15, 0.2) is 0 Å². The van der Waals surface area contributed by atoms with Gasteiger partial charge in [-0.15, -0.1) is 11.3 Å². The minimum Gasteiger partial charge on any atom is -0.480 e. The number of hydrogen-bond donors (Lipinski definition) is 2. The van der Waals surface area contributed by atoms with Crippen molar-refractivity contribution in [2.24, 2.45) is 0 Å². The van der Waals surface area contributed by atoms with Crippen LogP contribution >= 0.6 is 11.3 Å². The molecule has 128 valence electrons. The summed E-state index contributed by atoms with van der Waals surface area (Å²) in [5, 5.41) is 12.8. The quantitative estimate of drug-likeness (QED) is 0.798. The molecule has 2 N–H and O–H groups in total. The van der Waals surface area contributed by atoms with Gasteiger partial charge in [0.2, 0.25) is 6.43 Å². The summed E-state index contributed by atoms with van der Waals surface area (Å²) in [6.07, 6.45) is -3.54. The first-order chi connectivity index (χ1) is 11.3.